The van der Waals surface area contributed by atoms with Gasteiger partial charge in [-0.3, -0.25) is 4.90 Å². The van der Waals surface area contributed by atoms with Gasteiger partial charge in [0.15, 0.2) is 0 Å². The van der Waals surface area contributed by atoms with Crippen LogP contribution in [0.4, 0.5) is 0 Å². The van der Waals surface area contributed by atoms with Gasteiger partial charge in [-0.1, -0.05) is 0 Å². The predicted molar refractivity (Wildman–Crippen MR) is 60.7 cm³/mol. The Morgan fingerprint density at radius 3 is 2.64 bits per heavy atom. The zero-order valence-corrected chi connectivity index (χ0v) is 10.1. The third-order valence-electron chi connectivity index (χ3n) is 2.16. The molecule has 0 fully saturated rings. The fourth-order valence-corrected chi connectivity index (χ4v) is 1.66. The van der Waals surface area contributed by atoms with Crippen LogP contribution in [0.15, 0.2) is 4.42 Å². The number of aromatic nitrogens is 1. The van der Waals surface area contributed by atoms with Crippen molar-refractivity contribution in [1.29, 1.82) is 0 Å². The van der Waals surface area contributed by atoms with Crippen molar-refractivity contribution in [3.8, 4) is 0 Å². The quantitative estimate of drug-likeness (QED) is 0.750. The molecule has 0 atom stereocenters. The van der Waals surface area contributed by atoms with Crippen molar-refractivity contribution in [3.63, 3.8) is 0 Å². The lowest BCUT2D eigenvalue weighted by Crippen LogP contribution is -2.20. The average Bonchev–Trinajstić information content (AvgIpc) is 2.42. The minimum Gasteiger partial charge on any atom is -0.444 e. The van der Waals surface area contributed by atoms with E-state index in [2.05, 4.69) is 23.2 Å². The average molecular weight is 214 g/mol. The third kappa shape index (κ3) is 3.35. The smallest absolute Gasteiger partial charge is 0.208 e. The largest absolute Gasteiger partial charge is 0.444 e. The van der Waals surface area contributed by atoms with Gasteiger partial charge in [0.2, 0.25) is 5.89 Å². The Balaban J connectivity index is 2.43. The molecule has 0 aliphatic carbocycles. The molecule has 14 heavy (non-hydrogen) atoms. The summed E-state index contributed by atoms with van der Waals surface area (Å²) in [6.07, 6.45) is 2.12. The summed E-state index contributed by atoms with van der Waals surface area (Å²) in [6, 6.07) is 0. The van der Waals surface area contributed by atoms with Crippen LogP contribution in [0.25, 0.3) is 0 Å². The van der Waals surface area contributed by atoms with Crippen molar-refractivity contribution in [1.82, 2.24) is 9.88 Å². The molecule has 80 valence electrons. The molecule has 0 amide bonds. The fraction of sp³-hybridized carbons (Fsp3) is 0.700. The van der Waals surface area contributed by atoms with Gasteiger partial charge in [-0.25, -0.2) is 4.98 Å². The normalized spacial score (nSPS) is 11.2. The predicted octanol–water partition coefficient (Wildman–Crippen LogP) is 2.09. The van der Waals surface area contributed by atoms with Crippen LogP contribution in [-0.4, -0.2) is 35.5 Å². The topological polar surface area (TPSA) is 29.3 Å². The van der Waals surface area contributed by atoms with E-state index in [0.29, 0.717) is 0 Å². The maximum atomic E-state index is 5.51. The van der Waals surface area contributed by atoms with Crippen LogP contribution in [0.1, 0.15) is 17.3 Å². The molecular formula is C10H18N2OS. The highest BCUT2D eigenvalue weighted by molar-refractivity contribution is 7.98. The Labute approximate surface area is 89.9 Å². The molecule has 1 rings (SSSR count). The van der Waals surface area contributed by atoms with Gasteiger partial charge in [-0.15, -0.1) is 0 Å². The molecule has 0 spiro atoms. The van der Waals surface area contributed by atoms with Gasteiger partial charge in [0.1, 0.15) is 5.76 Å². The Hall–Kier alpha value is -0.480. The van der Waals surface area contributed by atoms with E-state index in [4.69, 9.17) is 4.42 Å². The van der Waals surface area contributed by atoms with E-state index in [1.54, 1.807) is 0 Å². The molecule has 0 aliphatic rings. The molecule has 3 nitrogen and oxygen atoms in total. The van der Waals surface area contributed by atoms with E-state index in [-0.39, 0.29) is 0 Å². The molecule has 0 aliphatic heterocycles. The molecule has 1 aromatic heterocycles. The Bertz CT molecular complexity index is 266. The molecule has 0 saturated carbocycles. The standard InChI is InChI=1S/C10H18N2OS/c1-8-9(2)13-10(11-8)7-12(3)5-6-14-4/h5-7H2,1-4H3. The molecular weight excluding hydrogens is 196 g/mol. The number of oxazole rings is 1. The first-order valence-electron chi connectivity index (χ1n) is 4.74. The van der Waals surface area contributed by atoms with Crippen LogP contribution in [0.3, 0.4) is 0 Å². The number of aryl methyl sites for hydroxylation is 2. The zero-order chi connectivity index (χ0) is 10.6. The van der Waals surface area contributed by atoms with Gasteiger partial charge >= 0.3 is 0 Å². The van der Waals surface area contributed by atoms with Crippen LogP contribution >= 0.6 is 11.8 Å². The Morgan fingerprint density at radius 1 is 1.43 bits per heavy atom. The summed E-state index contributed by atoms with van der Waals surface area (Å²) in [4.78, 5) is 6.57. The zero-order valence-electron chi connectivity index (χ0n) is 9.33. The molecule has 0 radical (unpaired) electrons. The third-order valence-corrected chi connectivity index (χ3v) is 2.75. The van der Waals surface area contributed by atoms with Crippen LogP contribution in [0.5, 0.6) is 0 Å². The first kappa shape index (κ1) is 11.6. The van der Waals surface area contributed by atoms with Crippen LogP contribution in [0.2, 0.25) is 0 Å². The van der Waals surface area contributed by atoms with Gasteiger partial charge in [0, 0.05) is 12.3 Å². The lowest BCUT2D eigenvalue weighted by atomic mass is 10.4. The van der Waals surface area contributed by atoms with Gasteiger partial charge in [0.05, 0.1) is 12.2 Å². The van der Waals surface area contributed by atoms with Crippen molar-refractivity contribution in [2.24, 2.45) is 0 Å². The van der Waals surface area contributed by atoms with E-state index in [1.807, 2.05) is 25.6 Å². The number of rotatable bonds is 5. The molecule has 1 heterocycles. The summed E-state index contributed by atoms with van der Waals surface area (Å²) in [5.41, 5.74) is 0.998. The maximum Gasteiger partial charge on any atom is 0.208 e. The second kappa shape index (κ2) is 5.41. The van der Waals surface area contributed by atoms with Crippen molar-refractivity contribution < 1.29 is 4.42 Å². The molecule has 1 aromatic rings. The van der Waals surface area contributed by atoms with Gasteiger partial charge < -0.3 is 4.42 Å². The summed E-state index contributed by atoms with van der Waals surface area (Å²) < 4.78 is 5.51. The summed E-state index contributed by atoms with van der Waals surface area (Å²) in [5, 5.41) is 0. The van der Waals surface area contributed by atoms with Crippen molar-refractivity contribution in [3.05, 3.63) is 17.3 Å². The second-order valence-corrected chi connectivity index (χ2v) is 4.47. The minimum atomic E-state index is 0.801. The van der Waals surface area contributed by atoms with Crippen molar-refractivity contribution in [2.45, 2.75) is 20.4 Å². The molecule has 4 heteroatoms. The maximum absolute atomic E-state index is 5.51. The Morgan fingerprint density at radius 2 is 2.14 bits per heavy atom. The van der Waals surface area contributed by atoms with E-state index < -0.39 is 0 Å². The number of hydrogen-bond donors (Lipinski definition) is 0. The van der Waals surface area contributed by atoms with E-state index in [1.165, 1.54) is 0 Å². The molecule has 0 bridgehead atoms. The Kier molecular flexibility index (Phi) is 4.48. The minimum absolute atomic E-state index is 0.801. The van der Waals surface area contributed by atoms with Crippen molar-refractivity contribution in [2.75, 3.05) is 25.6 Å². The lowest BCUT2D eigenvalue weighted by molar-refractivity contribution is 0.301. The van der Waals surface area contributed by atoms with E-state index in [0.717, 1.165) is 36.2 Å². The number of nitrogens with zero attached hydrogens (tertiary/aromatic N) is 2. The molecule has 0 aromatic carbocycles. The molecule has 0 N–H and O–H groups in total. The molecule has 0 unspecified atom stereocenters. The SMILES string of the molecule is CSCCN(C)Cc1nc(C)c(C)o1. The summed E-state index contributed by atoms with van der Waals surface area (Å²) in [5.74, 6) is 2.90. The summed E-state index contributed by atoms with van der Waals surface area (Å²) in [7, 11) is 2.09. The lowest BCUT2D eigenvalue weighted by Gasteiger charge is -2.12. The van der Waals surface area contributed by atoms with Crippen LogP contribution < -0.4 is 0 Å². The van der Waals surface area contributed by atoms with Gasteiger partial charge in [-0.2, -0.15) is 11.8 Å². The van der Waals surface area contributed by atoms with Gasteiger partial charge in [-0.05, 0) is 27.2 Å². The van der Waals surface area contributed by atoms with Gasteiger partial charge in [0.25, 0.3) is 0 Å². The first-order valence-corrected chi connectivity index (χ1v) is 6.13. The fourth-order valence-electron chi connectivity index (χ4n) is 1.16. The highest BCUT2D eigenvalue weighted by atomic mass is 32.2. The highest BCUT2D eigenvalue weighted by Gasteiger charge is 2.07. The summed E-state index contributed by atoms with van der Waals surface area (Å²) in [6.45, 7) is 5.80. The number of thioether (sulfide) groups is 1. The van der Waals surface area contributed by atoms with Crippen molar-refractivity contribution >= 4 is 11.8 Å². The highest BCUT2D eigenvalue weighted by Crippen LogP contribution is 2.09. The monoisotopic (exact) mass is 214 g/mol. The summed E-state index contributed by atoms with van der Waals surface area (Å²) >= 11 is 1.86. The molecule has 0 saturated heterocycles. The number of hydrogen-bond acceptors (Lipinski definition) is 4. The van der Waals surface area contributed by atoms with E-state index in [9.17, 15) is 0 Å². The van der Waals surface area contributed by atoms with Crippen LogP contribution in [-0.2, 0) is 6.54 Å². The van der Waals surface area contributed by atoms with Crippen LogP contribution in [0, 0.1) is 13.8 Å². The second-order valence-electron chi connectivity index (χ2n) is 3.48. The van der Waals surface area contributed by atoms with E-state index >= 15 is 0 Å². The first-order chi connectivity index (χ1) is 6.63.